The van der Waals surface area contributed by atoms with Crippen LogP contribution in [-0.2, 0) is 6.54 Å². The van der Waals surface area contributed by atoms with Crippen molar-refractivity contribution in [1.29, 1.82) is 0 Å². The van der Waals surface area contributed by atoms with Crippen molar-refractivity contribution in [3.63, 3.8) is 0 Å². The first-order valence-corrected chi connectivity index (χ1v) is 11.2. The van der Waals surface area contributed by atoms with Crippen molar-refractivity contribution >= 4 is 45.4 Å². The third-order valence-corrected chi connectivity index (χ3v) is 6.02. The number of benzene rings is 4. The largest absolute Gasteiger partial charge is 0.496 e. The zero-order valence-electron chi connectivity index (χ0n) is 18.5. The molecule has 0 radical (unpaired) electrons. The van der Waals surface area contributed by atoms with Crippen LogP contribution < -0.4 is 10.2 Å². The molecule has 5 nitrogen and oxygen atoms in total. The SMILES string of the molecule is COc1cc2ccccc2cc1C(=O)N/N=C\c1cn(Cc2ccc(Cl)cc2)c2ccccc12. The van der Waals surface area contributed by atoms with Crippen molar-refractivity contribution in [1.82, 2.24) is 9.99 Å². The van der Waals surface area contributed by atoms with Gasteiger partial charge in [0.05, 0.1) is 18.9 Å². The van der Waals surface area contributed by atoms with Crippen molar-refractivity contribution in [2.45, 2.75) is 6.54 Å². The number of rotatable bonds is 6. The number of nitrogens with zero attached hydrogens (tertiary/aromatic N) is 2. The number of amides is 1. The molecule has 5 rings (SSSR count). The van der Waals surface area contributed by atoms with E-state index in [9.17, 15) is 4.79 Å². The molecule has 5 aromatic rings. The minimum atomic E-state index is -0.330. The van der Waals surface area contributed by atoms with E-state index in [1.54, 1.807) is 13.3 Å². The number of para-hydroxylation sites is 1. The van der Waals surface area contributed by atoms with Gasteiger partial charge in [0.1, 0.15) is 5.75 Å². The van der Waals surface area contributed by atoms with Gasteiger partial charge in [0.2, 0.25) is 0 Å². The molecule has 0 aliphatic heterocycles. The van der Waals surface area contributed by atoms with E-state index in [-0.39, 0.29) is 5.91 Å². The van der Waals surface area contributed by atoms with Crippen molar-refractivity contribution in [3.8, 4) is 5.75 Å². The Balaban J connectivity index is 1.40. The molecule has 4 aromatic carbocycles. The highest BCUT2D eigenvalue weighted by Crippen LogP contribution is 2.26. The molecule has 0 spiro atoms. The Labute approximate surface area is 202 Å². The Bertz CT molecular complexity index is 1520. The average Bonchev–Trinajstić information content (AvgIpc) is 3.21. The predicted molar refractivity (Wildman–Crippen MR) is 138 cm³/mol. The molecule has 1 N–H and O–H groups in total. The fourth-order valence-corrected chi connectivity index (χ4v) is 4.21. The van der Waals surface area contributed by atoms with E-state index in [1.165, 1.54) is 0 Å². The van der Waals surface area contributed by atoms with Gasteiger partial charge in [-0.3, -0.25) is 4.79 Å². The number of carbonyl (C=O) groups excluding carboxylic acids is 1. The number of hydrazone groups is 1. The van der Waals surface area contributed by atoms with Crippen LogP contribution in [0.25, 0.3) is 21.7 Å². The Hall–Kier alpha value is -4.09. The number of fused-ring (bicyclic) bond motifs is 2. The number of hydrogen-bond acceptors (Lipinski definition) is 3. The third kappa shape index (κ3) is 4.38. The standard InChI is InChI=1S/C28H22ClN3O2/c1-34-27-15-21-7-3-2-6-20(21)14-25(27)28(33)31-30-16-22-18-32(26-9-5-4-8-24(22)26)17-19-10-12-23(29)13-11-19/h2-16,18H,17H2,1H3,(H,31,33)/b30-16-. The van der Waals surface area contributed by atoms with Crippen LogP contribution in [0.2, 0.25) is 5.02 Å². The monoisotopic (exact) mass is 467 g/mol. The molecule has 1 aromatic heterocycles. The summed E-state index contributed by atoms with van der Waals surface area (Å²) >= 11 is 6.02. The molecule has 0 unspecified atom stereocenters. The van der Waals surface area contributed by atoms with Gasteiger partial charge >= 0.3 is 0 Å². The van der Waals surface area contributed by atoms with Crippen LogP contribution in [0.5, 0.6) is 5.75 Å². The summed E-state index contributed by atoms with van der Waals surface area (Å²) in [5.41, 5.74) is 6.22. The zero-order chi connectivity index (χ0) is 23.5. The van der Waals surface area contributed by atoms with E-state index in [2.05, 4.69) is 21.2 Å². The van der Waals surface area contributed by atoms with Crippen LogP contribution in [0.3, 0.4) is 0 Å². The van der Waals surface area contributed by atoms with Crippen LogP contribution in [0.4, 0.5) is 0 Å². The number of carbonyl (C=O) groups is 1. The zero-order valence-corrected chi connectivity index (χ0v) is 19.3. The highest BCUT2D eigenvalue weighted by atomic mass is 35.5. The van der Waals surface area contributed by atoms with Gasteiger partial charge in [0.15, 0.2) is 0 Å². The normalized spacial score (nSPS) is 11.4. The van der Waals surface area contributed by atoms with Gasteiger partial charge in [-0.25, -0.2) is 5.43 Å². The van der Waals surface area contributed by atoms with Gasteiger partial charge in [-0.1, -0.05) is 66.2 Å². The minimum Gasteiger partial charge on any atom is -0.496 e. The second-order valence-corrected chi connectivity index (χ2v) is 8.39. The van der Waals surface area contributed by atoms with Crippen LogP contribution in [0.15, 0.2) is 96.2 Å². The number of methoxy groups -OCH3 is 1. The van der Waals surface area contributed by atoms with E-state index >= 15 is 0 Å². The number of halogens is 1. The highest BCUT2D eigenvalue weighted by Gasteiger charge is 2.13. The van der Waals surface area contributed by atoms with E-state index in [0.29, 0.717) is 22.9 Å². The topological polar surface area (TPSA) is 55.6 Å². The smallest absolute Gasteiger partial charge is 0.275 e. The van der Waals surface area contributed by atoms with Gasteiger partial charge in [-0.05, 0) is 46.7 Å². The van der Waals surface area contributed by atoms with Crippen LogP contribution in [-0.4, -0.2) is 23.8 Å². The Morgan fingerprint density at radius 1 is 1.00 bits per heavy atom. The second kappa shape index (κ2) is 9.41. The lowest BCUT2D eigenvalue weighted by atomic mass is 10.1. The molecule has 6 heteroatoms. The summed E-state index contributed by atoms with van der Waals surface area (Å²) in [5.74, 6) is 0.176. The summed E-state index contributed by atoms with van der Waals surface area (Å²) < 4.78 is 7.60. The van der Waals surface area contributed by atoms with E-state index < -0.39 is 0 Å². The summed E-state index contributed by atoms with van der Waals surface area (Å²) in [6, 6.07) is 27.4. The van der Waals surface area contributed by atoms with E-state index in [0.717, 1.165) is 32.8 Å². The lowest BCUT2D eigenvalue weighted by Gasteiger charge is -2.09. The first-order valence-electron chi connectivity index (χ1n) is 10.8. The number of aromatic nitrogens is 1. The maximum Gasteiger partial charge on any atom is 0.275 e. The van der Waals surface area contributed by atoms with Gasteiger partial charge in [0, 0.05) is 34.2 Å². The van der Waals surface area contributed by atoms with Gasteiger partial charge in [-0.15, -0.1) is 0 Å². The summed E-state index contributed by atoms with van der Waals surface area (Å²) in [4.78, 5) is 12.9. The van der Waals surface area contributed by atoms with E-state index in [1.807, 2.05) is 85.1 Å². The molecule has 0 saturated heterocycles. The predicted octanol–water partition coefficient (Wildman–Crippen LogP) is 6.27. The van der Waals surface area contributed by atoms with Crippen molar-refractivity contribution in [3.05, 3.63) is 113 Å². The molecule has 1 amide bonds. The lowest BCUT2D eigenvalue weighted by molar-refractivity contribution is 0.0952. The number of nitrogens with one attached hydrogen (secondary N) is 1. The van der Waals surface area contributed by atoms with Crippen LogP contribution >= 0.6 is 11.6 Å². The molecule has 0 fully saturated rings. The van der Waals surface area contributed by atoms with Crippen molar-refractivity contribution in [2.75, 3.05) is 7.11 Å². The lowest BCUT2D eigenvalue weighted by Crippen LogP contribution is -2.18. The Morgan fingerprint density at radius 2 is 1.71 bits per heavy atom. The van der Waals surface area contributed by atoms with Gasteiger partial charge in [-0.2, -0.15) is 5.10 Å². The molecule has 0 saturated carbocycles. The Morgan fingerprint density at radius 3 is 2.47 bits per heavy atom. The first kappa shape index (κ1) is 21.7. The first-order chi connectivity index (χ1) is 16.6. The molecule has 34 heavy (non-hydrogen) atoms. The molecular formula is C28H22ClN3O2. The molecule has 0 aliphatic rings. The highest BCUT2D eigenvalue weighted by molar-refractivity contribution is 6.30. The number of hydrogen-bond donors (Lipinski definition) is 1. The van der Waals surface area contributed by atoms with Crippen molar-refractivity contribution < 1.29 is 9.53 Å². The maximum atomic E-state index is 12.9. The molecule has 0 bridgehead atoms. The summed E-state index contributed by atoms with van der Waals surface area (Å²) in [7, 11) is 1.56. The van der Waals surface area contributed by atoms with Crippen molar-refractivity contribution in [2.24, 2.45) is 5.10 Å². The quantitative estimate of drug-likeness (QED) is 0.236. The van der Waals surface area contributed by atoms with E-state index in [4.69, 9.17) is 16.3 Å². The van der Waals surface area contributed by atoms with Crippen LogP contribution in [0, 0.1) is 0 Å². The average molecular weight is 468 g/mol. The molecule has 1 heterocycles. The maximum absolute atomic E-state index is 12.9. The minimum absolute atomic E-state index is 0.330. The third-order valence-electron chi connectivity index (χ3n) is 5.77. The second-order valence-electron chi connectivity index (χ2n) is 7.95. The molecular weight excluding hydrogens is 446 g/mol. The summed E-state index contributed by atoms with van der Waals surface area (Å²) in [6.45, 7) is 0.701. The molecule has 0 atom stereocenters. The Kier molecular flexibility index (Phi) is 6.02. The molecule has 168 valence electrons. The fraction of sp³-hybridized carbons (Fsp3) is 0.0714. The number of ether oxygens (including phenoxy) is 1. The van der Waals surface area contributed by atoms with Gasteiger partial charge < -0.3 is 9.30 Å². The van der Waals surface area contributed by atoms with Gasteiger partial charge in [0.25, 0.3) is 5.91 Å². The summed E-state index contributed by atoms with van der Waals surface area (Å²) in [5, 5.41) is 7.98. The fourth-order valence-electron chi connectivity index (χ4n) is 4.08. The van der Waals surface area contributed by atoms with Crippen LogP contribution in [0.1, 0.15) is 21.5 Å². The summed E-state index contributed by atoms with van der Waals surface area (Å²) in [6.07, 6.45) is 3.71. The molecule has 0 aliphatic carbocycles.